The van der Waals surface area contributed by atoms with Gasteiger partial charge in [-0.1, -0.05) is 42.5 Å². The Morgan fingerprint density at radius 1 is 1.25 bits per heavy atom. The fraction of sp³-hybridized carbons (Fsp3) is 0.176. The van der Waals surface area contributed by atoms with Gasteiger partial charge >= 0.3 is 5.97 Å². The van der Waals surface area contributed by atoms with Crippen molar-refractivity contribution in [2.45, 2.75) is 11.6 Å². The third-order valence-electron chi connectivity index (χ3n) is 3.93. The van der Waals surface area contributed by atoms with Gasteiger partial charge in [-0.2, -0.15) is 0 Å². The van der Waals surface area contributed by atoms with E-state index in [9.17, 15) is 14.9 Å². The van der Waals surface area contributed by atoms with Crippen molar-refractivity contribution in [1.82, 2.24) is 0 Å². The van der Waals surface area contributed by atoms with Crippen LogP contribution in [0.3, 0.4) is 0 Å². The summed E-state index contributed by atoms with van der Waals surface area (Å²) in [6.45, 7) is 0. The highest BCUT2D eigenvalue weighted by Gasteiger charge is 2.53. The third-order valence-corrected chi connectivity index (χ3v) is 3.93. The van der Waals surface area contributed by atoms with E-state index in [1.165, 1.54) is 25.6 Å². The molecular weight excluding hydrogens is 312 g/mol. The first-order chi connectivity index (χ1) is 11.6. The van der Waals surface area contributed by atoms with Crippen LogP contribution in [0.1, 0.15) is 17.2 Å². The lowest BCUT2D eigenvalue weighted by atomic mass is 9.82. The van der Waals surface area contributed by atoms with E-state index in [-0.39, 0.29) is 5.69 Å². The second-order valence-corrected chi connectivity index (χ2v) is 5.23. The molecule has 0 aromatic heterocycles. The summed E-state index contributed by atoms with van der Waals surface area (Å²) in [7, 11) is 1.27. The van der Waals surface area contributed by atoms with Gasteiger partial charge in [-0.05, 0) is 5.56 Å². The topological polar surface area (TPSA) is 91.0 Å². The SMILES string of the molecule is COC(=O)[C@@]1(c2ccccc2)N=CO[C@@H]1c1cccc([N+](=O)[O-])c1. The van der Waals surface area contributed by atoms with Gasteiger partial charge in [-0.25, -0.2) is 9.79 Å². The number of nitro groups is 1. The van der Waals surface area contributed by atoms with E-state index in [1.807, 2.05) is 6.07 Å². The molecule has 0 bridgehead atoms. The molecule has 0 aliphatic carbocycles. The summed E-state index contributed by atoms with van der Waals surface area (Å²) in [5.74, 6) is -0.598. The van der Waals surface area contributed by atoms with E-state index < -0.39 is 22.5 Å². The predicted octanol–water partition coefficient (Wildman–Crippen LogP) is 2.76. The molecule has 0 saturated carbocycles. The fourth-order valence-electron chi connectivity index (χ4n) is 2.81. The highest BCUT2D eigenvalue weighted by Crippen LogP contribution is 2.45. The first-order valence-corrected chi connectivity index (χ1v) is 7.17. The van der Waals surface area contributed by atoms with Crippen molar-refractivity contribution in [2.75, 3.05) is 7.11 Å². The Balaban J connectivity index is 2.15. The molecule has 0 saturated heterocycles. The third kappa shape index (κ3) is 2.40. The van der Waals surface area contributed by atoms with Crippen LogP contribution < -0.4 is 0 Å². The van der Waals surface area contributed by atoms with Crippen molar-refractivity contribution in [1.29, 1.82) is 0 Å². The standard InChI is InChI=1S/C17H14N2O5/c1-23-16(20)17(13-7-3-2-4-8-13)15(24-11-18-17)12-6-5-9-14(10-12)19(21)22/h2-11,15H,1H3/t15-,17+/m1/s1. The Morgan fingerprint density at radius 3 is 2.67 bits per heavy atom. The molecule has 0 radical (unpaired) electrons. The summed E-state index contributed by atoms with van der Waals surface area (Å²) >= 11 is 0. The largest absolute Gasteiger partial charge is 0.472 e. The number of hydrogen-bond donors (Lipinski definition) is 0. The number of methoxy groups -OCH3 is 1. The molecule has 2 aromatic carbocycles. The molecule has 3 rings (SSSR count). The highest BCUT2D eigenvalue weighted by atomic mass is 16.6. The minimum atomic E-state index is -1.44. The lowest BCUT2D eigenvalue weighted by molar-refractivity contribution is -0.385. The van der Waals surface area contributed by atoms with Crippen LogP contribution in [0.2, 0.25) is 0 Å². The molecule has 24 heavy (non-hydrogen) atoms. The van der Waals surface area contributed by atoms with Gasteiger partial charge in [0.05, 0.1) is 12.0 Å². The van der Waals surface area contributed by atoms with E-state index in [0.717, 1.165) is 0 Å². The van der Waals surface area contributed by atoms with E-state index in [2.05, 4.69) is 4.99 Å². The molecule has 1 heterocycles. The maximum Gasteiger partial charge on any atom is 0.342 e. The van der Waals surface area contributed by atoms with Gasteiger partial charge in [0.2, 0.25) is 5.54 Å². The van der Waals surface area contributed by atoms with E-state index >= 15 is 0 Å². The number of rotatable bonds is 4. The molecule has 0 spiro atoms. The molecule has 7 nitrogen and oxygen atoms in total. The van der Waals surface area contributed by atoms with Gasteiger partial charge in [0.25, 0.3) is 5.69 Å². The van der Waals surface area contributed by atoms with Gasteiger partial charge in [0.1, 0.15) is 0 Å². The number of esters is 1. The number of ether oxygens (including phenoxy) is 2. The van der Waals surface area contributed by atoms with E-state index in [4.69, 9.17) is 9.47 Å². The fourth-order valence-corrected chi connectivity index (χ4v) is 2.81. The first kappa shape index (κ1) is 15.7. The number of benzene rings is 2. The summed E-state index contributed by atoms with van der Waals surface area (Å²) in [6, 6.07) is 14.8. The number of carbonyl (C=O) groups is 1. The summed E-state index contributed by atoms with van der Waals surface area (Å²) in [4.78, 5) is 27.4. The molecule has 122 valence electrons. The van der Waals surface area contributed by atoms with Crippen LogP contribution in [0.25, 0.3) is 0 Å². The Morgan fingerprint density at radius 2 is 2.00 bits per heavy atom. The van der Waals surface area contributed by atoms with Crippen LogP contribution >= 0.6 is 0 Å². The number of hydrogen-bond acceptors (Lipinski definition) is 6. The van der Waals surface area contributed by atoms with Crippen molar-refractivity contribution < 1.29 is 19.2 Å². The Kier molecular flexibility index (Phi) is 3.99. The molecule has 0 amide bonds. The molecule has 1 aliphatic rings. The van der Waals surface area contributed by atoms with Crippen molar-refractivity contribution in [2.24, 2.45) is 4.99 Å². The molecule has 2 atom stereocenters. The predicted molar refractivity (Wildman–Crippen MR) is 85.6 cm³/mol. The monoisotopic (exact) mass is 326 g/mol. The molecule has 7 heteroatoms. The summed E-state index contributed by atoms with van der Waals surface area (Å²) in [5.41, 5.74) is -0.474. The van der Waals surface area contributed by atoms with Crippen LogP contribution in [0.5, 0.6) is 0 Å². The molecule has 0 unspecified atom stereocenters. The molecular formula is C17H14N2O5. The average molecular weight is 326 g/mol. The van der Waals surface area contributed by atoms with Crippen LogP contribution in [0.4, 0.5) is 5.69 Å². The summed E-state index contributed by atoms with van der Waals surface area (Å²) in [5, 5.41) is 11.0. The van der Waals surface area contributed by atoms with Gasteiger partial charge in [-0.15, -0.1) is 0 Å². The van der Waals surface area contributed by atoms with E-state index in [1.54, 1.807) is 36.4 Å². The maximum atomic E-state index is 12.6. The zero-order valence-corrected chi connectivity index (χ0v) is 12.8. The van der Waals surface area contributed by atoms with Crippen LogP contribution in [0.15, 0.2) is 59.6 Å². The van der Waals surface area contributed by atoms with Crippen LogP contribution in [-0.4, -0.2) is 24.4 Å². The Bertz CT molecular complexity index is 806. The molecule has 2 aromatic rings. The van der Waals surface area contributed by atoms with Crippen LogP contribution in [0, 0.1) is 10.1 Å². The number of non-ortho nitro benzene ring substituents is 1. The van der Waals surface area contributed by atoms with E-state index in [0.29, 0.717) is 11.1 Å². The number of nitrogens with zero attached hydrogens (tertiary/aromatic N) is 2. The zero-order valence-electron chi connectivity index (χ0n) is 12.8. The van der Waals surface area contributed by atoms with Gasteiger partial charge in [0.15, 0.2) is 12.5 Å². The Labute approximate surface area is 137 Å². The number of nitro benzene ring substituents is 1. The van der Waals surface area contributed by atoms with Gasteiger partial charge in [-0.3, -0.25) is 10.1 Å². The van der Waals surface area contributed by atoms with Crippen molar-refractivity contribution in [3.8, 4) is 0 Å². The zero-order chi connectivity index (χ0) is 17.2. The van der Waals surface area contributed by atoms with Crippen molar-refractivity contribution in [3.63, 3.8) is 0 Å². The number of aliphatic imine (C=N–C) groups is 1. The van der Waals surface area contributed by atoms with Crippen LogP contribution in [-0.2, 0) is 19.8 Å². The minimum Gasteiger partial charge on any atom is -0.472 e. The van der Waals surface area contributed by atoms with Crippen molar-refractivity contribution in [3.05, 3.63) is 75.8 Å². The highest BCUT2D eigenvalue weighted by molar-refractivity contribution is 5.87. The first-order valence-electron chi connectivity index (χ1n) is 7.17. The second kappa shape index (κ2) is 6.11. The lowest BCUT2D eigenvalue weighted by Crippen LogP contribution is -2.39. The van der Waals surface area contributed by atoms with Crippen molar-refractivity contribution >= 4 is 18.1 Å². The second-order valence-electron chi connectivity index (χ2n) is 5.23. The summed E-state index contributed by atoms with van der Waals surface area (Å²) in [6.07, 6.45) is 0.334. The molecule has 0 fully saturated rings. The average Bonchev–Trinajstić information content (AvgIpc) is 3.08. The quantitative estimate of drug-likeness (QED) is 0.489. The molecule has 0 N–H and O–H groups in total. The van der Waals surface area contributed by atoms with Gasteiger partial charge in [0, 0.05) is 17.7 Å². The number of carbonyl (C=O) groups excluding carboxylic acids is 1. The minimum absolute atomic E-state index is 0.0881. The maximum absolute atomic E-state index is 12.6. The normalized spacial score (nSPS) is 22.0. The lowest BCUT2D eigenvalue weighted by Gasteiger charge is -2.29. The smallest absolute Gasteiger partial charge is 0.342 e. The molecule has 1 aliphatic heterocycles. The van der Waals surface area contributed by atoms with Gasteiger partial charge < -0.3 is 9.47 Å². The summed E-state index contributed by atoms with van der Waals surface area (Å²) < 4.78 is 10.5. The Hall–Kier alpha value is -3.22.